The fourth-order valence-electron chi connectivity index (χ4n) is 3.56. The Labute approximate surface area is 156 Å². The van der Waals surface area contributed by atoms with Gasteiger partial charge in [0, 0.05) is 6.54 Å². The molecule has 1 aliphatic heterocycles. The Bertz CT molecular complexity index is 984. The van der Waals surface area contributed by atoms with E-state index in [1.165, 1.54) is 12.1 Å². The minimum atomic E-state index is -4.43. The van der Waals surface area contributed by atoms with Crippen molar-refractivity contribution in [3.8, 4) is 0 Å². The van der Waals surface area contributed by atoms with Crippen molar-refractivity contribution in [2.75, 3.05) is 11.4 Å². The fraction of sp³-hybridized carbons (Fsp3) is 0.389. The van der Waals surface area contributed by atoms with Crippen molar-refractivity contribution < 1.29 is 22.0 Å². The second kappa shape index (κ2) is 6.99. The number of alkyl halides is 5. The maximum absolute atomic E-state index is 13.1. The van der Waals surface area contributed by atoms with Crippen LogP contribution in [0.2, 0.25) is 0 Å². The van der Waals surface area contributed by atoms with Crippen LogP contribution in [-0.2, 0) is 6.18 Å². The van der Waals surface area contributed by atoms with Crippen molar-refractivity contribution in [3.05, 3.63) is 53.3 Å². The molecule has 1 aromatic carbocycles. The van der Waals surface area contributed by atoms with E-state index in [0.29, 0.717) is 24.3 Å². The Morgan fingerprint density at radius 2 is 1.86 bits per heavy atom. The van der Waals surface area contributed by atoms with Gasteiger partial charge in [-0.05, 0) is 49.1 Å². The van der Waals surface area contributed by atoms with Crippen LogP contribution < -0.4 is 4.90 Å². The highest BCUT2D eigenvalue weighted by Gasteiger charge is 2.32. The number of nitrogens with zero attached hydrogens (tertiary/aromatic N) is 5. The molecule has 5 nitrogen and oxygen atoms in total. The van der Waals surface area contributed by atoms with E-state index in [1.807, 2.05) is 4.90 Å². The van der Waals surface area contributed by atoms with E-state index in [9.17, 15) is 22.0 Å². The number of rotatable bonds is 3. The fourth-order valence-corrected chi connectivity index (χ4v) is 3.56. The molecule has 3 aromatic rings. The van der Waals surface area contributed by atoms with Gasteiger partial charge in [-0.3, -0.25) is 0 Å². The summed E-state index contributed by atoms with van der Waals surface area (Å²) >= 11 is 0. The van der Waals surface area contributed by atoms with E-state index in [4.69, 9.17) is 0 Å². The minimum absolute atomic E-state index is 0.187. The second-order valence-electron chi connectivity index (χ2n) is 6.65. The van der Waals surface area contributed by atoms with Crippen LogP contribution in [0.5, 0.6) is 0 Å². The first kappa shape index (κ1) is 18.6. The summed E-state index contributed by atoms with van der Waals surface area (Å²) < 4.78 is 66.5. The molecule has 148 valence electrons. The maximum Gasteiger partial charge on any atom is 0.416 e. The van der Waals surface area contributed by atoms with E-state index < -0.39 is 24.0 Å². The molecule has 0 bridgehead atoms. The van der Waals surface area contributed by atoms with Crippen LogP contribution >= 0.6 is 0 Å². The highest BCUT2D eigenvalue weighted by Crippen LogP contribution is 2.37. The van der Waals surface area contributed by atoms with Crippen LogP contribution in [0.4, 0.5) is 27.8 Å². The summed E-state index contributed by atoms with van der Waals surface area (Å²) in [6, 6.07) is 8.05. The van der Waals surface area contributed by atoms with Gasteiger partial charge in [0.1, 0.15) is 5.82 Å². The molecule has 0 aliphatic carbocycles. The molecular formula is C18H16F5N5. The summed E-state index contributed by atoms with van der Waals surface area (Å²) in [6.45, 7) is 0.561. The average Bonchev–Trinajstić information content (AvgIpc) is 3.11. The Kier molecular flexibility index (Phi) is 4.64. The van der Waals surface area contributed by atoms with Crippen molar-refractivity contribution >= 4 is 11.5 Å². The van der Waals surface area contributed by atoms with Crippen molar-refractivity contribution in [3.63, 3.8) is 0 Å². The molecule has 1 saturated heterocycles. The molecule has 0 amide bonds. The smallest absolute Gasteiger partial charge is 0.348 e. The molecule has 0 saturated carbocycles. The standard InChI is InChI=1S/C18H16F5N5/c19-16(20)17-25-24-14-7-8-15(26-28(14)17)27-9-2-1-6-13(27)11-4-3-5-12(10-11)18(21,22)23/h3-5,7-8,10,13,16H,1-2,6,9H2. The van der Waals surface area contributed by atoms with Crippen molar-refractivity contribution in [2.24, 2.45) is 0 Å². The third-order valence-corrected chi connectivity index (χ3v) is 4.86. The van der Waals surface area contributed by atoms with Crippen LogP contribution in [0, 0.1) is 0 Å². The van der Waals surface area contributed by atoms with Crippen LogP contribution in [0.1, 0.15) is 48.7 Å². The van der Waals surface area contributed by atoms with Gasteiger partial charge in [0.2, 0.25) is 5.82 Å². The lowest BCUT2D eigenvalue weighted by atomic mass is 9.94. The van der Waals surface area contributed by atoms with Crippen molar-refractivity contribution in [2.45, 2.75) is 37.9 Å². The zero-order valence-corrected chi connectivity index (χ0v) is 14.6. The van der Waals surface area contributed by atoms with Crippen molar-refractivity contribution in [1.29, 1.82) is 0 Å². The third kappa shape index (κ3) is 3.38. The van der Waals surface area contributed by atoms with Crippen LogP contribution in [0.25, 0.3) is 5.65 Å². The molecule has 1 atom stereocenters. The summed E-state index contributed by atoms with van der Waals surface area (Å²) in [5.41, 5.74) is -0.00123. The first-order valence-corrected chi connectivity index (χ1v) is 8.79. The van der Waals surface area contributed by atoms with Crippen LogP contribution in [0.15, 0.2) is 36.4 Å². The predicted octanol–water partition coefficient (Wildman–Crippen LogP) is 4.81. The molecule has 10 heteroatoms. The lowest BCUT2D eigenvalue weighted by Gasteiger charge is -2.37. The molecule has 0 radical (unpaired) electrons. The number of benzene rings is 1. The summed E-state index contributed by atoms with van der Waals surface area (Å²) in [5, 5.41) is 11.4. The van der Waals surface area contributed by atoms with Crippen LogP contribution in [-0.4, -0.2) is 26.4 Å². The molecule has 28 heavy (non-hydrogen) atoms. The maximum atomic E-state index is 13.1. The van der Waals surface area contributed by atoms with Crippen molar-refractivity contribution in [1.82, 2.24) is 19.8 Å². The first-order valence-electron chi connectivity index (χ1n) is 8.79. The second-order valence-corrected chi connectivity index (χ2v) is 6.65. The number of fused-ring (bicyclic) bond motifs is 1. The Morgan fingerprint density at radius 3 is 2.61 bits per heavy atom. The zero-order valence-electron chi connectivity index (χ0n) is 14.6. The number of halogens is 5. The number of hydrogen-bond acceptors (Lipinski definition) is 4. The topological polar surface area (TPSA) is 46.3 Å². The molecular weight excluding hydrogens is 381 g/mol. The summed E-state index contributed by atoms with van der Waals surface area (Å²) in [6.07, 6.45) is -4.93. The lowest BCUT2D eigenvalue weighted by Crippen LogP contribution is -2.34. The summed E-state index contributed by atoms with van der Waals surface area (Å²) in [4.78, 5) is 1.85. The van der Waals surface area contributed by atoms with E-state index in [2.05, 4.69) is 15.3 Å². The molecule has 1 fully saturated rings. The SMILES string of the molecule is FC(F)c1nnc2ccc(N3CCCCC3c3cccc(C(F)(F)F)c3)nn12. The largest absolute Gasteiger partial charge is 0.416 e. The van der Waals surface area contributed by atoms with Gasteiger partial charge in [-0.15, -0.1) is 15.3 Å². The molecule has 4 rings (SSSR count). The Morgan fingerprint density at radius 1 is 1.04 bits per heavy atom. The number of hydrogen-bond donors (Lipinski definition) is 0. The van der Waals surface area contributed by atoms with E-state index in [-0.39, 0.29) is 11.7 Å². The summed E-state index contributed by atoms with van der Waals surface area (Å²) in [5.74, 6) is -0.166. The number of anilines is 1. The zero-order chi connectivity index (χ0) is 19.9. The van der Waals surface area contributed by atoms with E-state index in [0.717, 1.165) is 29.5 Å². The normalized spacial score (nSPS) is 18.2. The quantitative estimate of drug-likeness (QED) is 0.595. The first-order chi connectivity index (χ1) is 13.3. The Balaban J connectivity index is 1.74. The number of piperidine rings is 1. The third-order valence-electron chi connectivity index (χ3n) is 4.86. The van der Waals surface area contributed by atoms with E-state index >= 15 is 0 Å². The number of aromatic nitrogens is 4. The Hall–Kier alpha value is -2.78. The molecule has 0 spiro atoms. The van der Waals surface area contributed by atoms with Gasteiger partial charge >= 0.3 is 6.18 Å². The average molecular weight is 397 g/mol. The van der Waals surface area contributed by atoms with E-state index in [1.54, 1.807) is 12.1 Å². The lowest BCUT2D eigenvalue weighted by molar-refractivity contribution is -0.137. The van der Waals surface area contributed by atoms with Gasteiger partial charge < -0.3 is 4.90 Å². The monoisotopic (exact) mass is 397 g/mol. The van der Waals surface area contributed by atoms with Gasteiger partial charge in [0.25, 0.3) is 6.43 Å². The molecule has 1 unspecified atom stereocenters. The van der Waals surface area contributed by atoms with Gasteiger partial charge in [0.05, 0.1) is 11.6 Å². The highest BCUT2D eigenvalue weighted by atomic mass is 19.4. The minimum Gasteiger partial charge on any atom is -0.348 e. The highest BCUT2D eigenvalue weighted by molar-refractivity contribution is 5.48. The van der Waals surface area contributed by atoms with Crippen LogP contribution in [0.3, 0.4) is 0 Å². The molecule has 1 aliphatic rings. The van der Waals surface area contributed by atoms with Gasteiger partial charge in [-0.1, -0.05) is 12.1 Å². The predicted molar refractivity (Wildman–Crippen MR) is 91.1 cm³/mol. The molecule has 3 heterocycles. The summed E-state index contributed by atoms with van der Waals surface area (Å²) in [7, 11) is 0. The van der Waals surface area contributed by atoms with Gasteiger partial charge in [-0.25, -0.2) is 8.78 Å². The molecule has 2 aromatic heterocycles. The molecule has 0 N–H and O–H groups in total. The van der Waals surface area contributed by atoms with Gasteiger partial charge in [0.15, 0.2) is 5.65 Å². The van der Waals surface area contributed by atoms with Gasteiger partial charge in [-0.2, -0.15) is 17.7 Å².